The van der Waals surface area contributed by atoms with Crippen LogP contribution in [-0.2, 0) is 16.7 Å². The van der Waals surface area contributed by atoms with Crippen LogP contribution >= 0.6 is 46.3 Å². The van der Waals surface area contributed by atoms with E-state index < -0.39 is 10.1 Å². The molecule has 0 N–H and O–H groups in total. The van der Waals surface area contributed by atoms with Crippen molar-refractivity contribution < 1.29 is 17.5 Å². The average Bonchev–Trinajstić information content (AvgIpc) is 3.62. The Morgan fingerprint density at radius 1 is 1.00 bits per heavy atom. The molecule has 1 aromatic heterocycles. The second-order valence-electron chi connectivity index (χ2n) is 9.30. The first-order chi connectivity index (χ1) is 18.2. The van der Waals surface area contributed by atoms with Gasteiger partial charge in [-0.3, -0.25) is 0 Å². The molecule has 194 valence electrons. The van der Waals surface area contributed by atoms with E-state index in [-0.39, 0.29) is 4.90 Å². The zero-order valence-electron chi connectivity index (χ0n) is 20.3. The van der Waals surface area contributed by atoms with Crippen molar-refractivity contribution in [2.45, 2.75) is 36.1 Å². The van der Waals surface area contributed by atoms with E-state index in [0.717, 1.165) is 41.5 Å². The van der Waals surface area contributed by atoms with Crippen LogP contribution in [0.25, 0.3) is 15.8 Å². The van der Waals surface area contributed by atoms with Crippen LogP contribution in [-0.4, -0.2) is 19.5 Å². The van der Waals surface area contributed by atoms with Gasteiger partial charge in [0.2, 0.25) is 5.52 Å². The number of anilines is 1. The minimum Gasteiger partial charge on any atom is -0.744 e. The second kappa shape index (κ2) is 10.0. The molecule has 0 amide bonds. The van der Waals surface area contributed by atoms with E-state index in [4.69, 9.17) is 23.2 Å². The summed E-state index contributed by atoms with van der Waals surface area (Å²) in [6, 6.07) is 18.2. The van der Waals surface area contributed by atoms with E-state index in [1.54, 1.807) is 12.1 Å². The monoisotopic (exact) mass is 600 g/mol. The molecule has 0 radical (unpaired) electrons. The Balaban J connectivity index is 0.000000204. The summed E-state index contributed by atoms with van der Waals surface area (Å²) in [6.07, 6.45) is 4.62. The van der Waals surface area contributed by atoms with Crippen LogP contribution in [0, 0.1) is 6.92 Å². The lowest BCUT2D eigenvalue weighted by Crippen LogP contribution is -2.30. The molecule has 3 aliphatic heterocycles. The average molecular weight is 602 g/mol. The predicted octanol–water partition coefficient (Wildman–Crippen LogP) is 7.41. The number of thioether (sulfide) groups is 1. The number of aromatic nitrogens is 1. The number of allylic oxidation sites excluding steroid dienone is 2. The molecule has 0 saturated carbocycles. The van der Waals surface area contributed by atoms with Crippen LogP contribution in [0.1, 0.15) is 23.4 Å². The van der Waals surface area contributed by atoms with Gasteiger partial charge in [0.15, 0.2) is 6.54 Å². The topological polar surface area (TPSA) is 64.3 Å². The second-order valence-corrected chi connectivity index (χ2v) is 13.6. The van der Waals surface area contributed by atoms with Gasteiger partial charge >= 0.3 is 0 Å². The lowest BCUT2D eigenvalue weighted by Gasteiger charge is -2.13. The number of benzene rings is 3. The third kappa shape index (κ3) is 4.90. The predicted molar refractivity (Wildman–Crippen MR) is 155 cm³/mol. The highest BCUT2D eigenvalue weighted by atomic mass is 35.5. The molecular formula is C28H22Cl2N2O3S3. The fourth-order valence-corrected chi connectivity index (χ4v) is 8.12. The Morgan fingerprint density at radius 2 is 1.74 bits per heavy atom. The molecule has 0 fully saturated rings. The Kier molecular flexibility index (Phi) is 6.83. The molecule has 0 unspecified atom stereocenters. The summed E-state index contributed by atoms with van der Waals surface area (Å²) in [7, 11) is -4.27. The van der Waals surface area contributed by atoms with Gasteiger partial charge in [-0.05, 0) is 67.5 Å². The molecule has 38 heavy (non-hydrogen) atoms. The van der Waals surface area contributed by atoms with Gasteiger partial charge in [0.05, 0.1) is 15.6 Å². The smallest absolute Gasteiger partial charge is 0.266 e. The van der Waals surface area contributed by atoms with E-state index in [0.29, 0.717) is 0 Å². The fraction of sp³-hybridized carbons (Fsp3) is 0.179. The van der Waals surface area contributed by atoms with Gasteiger partial charge in [-0.1, -0.05) is 64.0 Å². The molecule has 0 spiro atoms. The molecule has 10 heteroatoms. The number of hydrogen-bond donors (Lipinski definition) is 0. The number of fused-ring (bicyclic) bond motifs is 6. The first-order valence-electron chi connectivity index (χ1n) is 12.0. The molecule has 4 aromatic rings. The number of halogens is 2. The Morgan fingerprint density at radius 3 is 2.50 bits per heavy atom. The summed E-state index contributed by atoms with van der Waals surface area (Å²) in [5.74, 6) is 0. The first-order valence-corrected chi connectivity index (χ1v) is 15.8. The molecule has 0 atom stereocenters. The lowest BCUT2D eigenvalue weighted by atomic mass is 10.1. The quantitative estimate of drug-likeness (QED) is 0.177. The summed E-state index contributed by atoms with van der Waals surface area (Å²) >= 11 is 16.2. The van der Waals surface area contributed by atoms with E-state index in [1.807, 2.05) is 42.2 Å². The van der Waals surface area contributed by atoms with Crippen LogP contribution in [0.5, 0.6) is 0 Å². The normalized spacial score (nSPS) is 17.1. The van der Waals surface area contributed by atoms with E-state index in [1.165, 1.54) is 54.1 Å². The van der Waals surface area contributed by atoms with Crippen molar-refractivity contribution in [2.75, 3.05) is 11.4 Å². The van der Waals surface area contributed by atoms with Crippen LogP contribution in [0.4, 0.5) is 5.69 Å². The van der Waals surface area contributed by atoms with Gasteiger partial charge in [-0.2, -0.15) is 4.57 Å². The number of nitrogens with zero attached hydrogens (tertiary/aromatic N) is 2. The minimum absolute atomic E-state index is 0.178. The third-order valence-corrected chi connectivity index (χ3v) is 10.5. The molecule has 5 nitrogen and oxygen atoms in total. The Labute approximate surface area is 239 Å². The van der Waals surface area contributed by atoms with Gasteiger partial charge in [0.1, 0.15) is 14.8 Å². The summed E-state index contributed by atoms with van der Waals surface area (Å²) in [5, 5.41) is 4.37. The van der Waals surface area contributed by atoms with Gasteiger partial charge in [-0.15, -0.1) is 0 Å². The summed E-state index contributed by atoms with van der Waals surface area (Å²) in [6.45, 7) is 3.90. The molecule has 7 rings (SSSR count). The molecule has 4 heterocycles. The van der Waals surface area contributed by atoms with Crippen molar-refractivity contribution in [3.05, 3.63) is 98.0 Å². The van der Waals surface area contributed by atoms with E-state index >= 15 is 0 Å². The third-order valence-electron chi connectivity index (χ3n) is 6.74. The molecule has 0 bridgehead atoms. The number of rotatable bonds is 2. The number of thiazole rings is 1. The largest absolute Gasteiger partial charge is 0.744 e. The minimum atomic E-state index is -4.27. The highest BCUT2D eigenvalue weighted by Gasteiger charge is 2.34. The first kappa shape index (κ1) is 25.9. The van der Waals surface area contributed by atoms with Crippen LogP contribution in [0.3, 0.4) is 0 Å². The van der Waals surface area contributed by atoms with Crippen molar-refractivity contribution in [1.82, 2.24) is 0 Å². The summed E-state index contributed by atoms with van der Waals surface area (Å²) < 4.78 is 34.9. The van der Waals surface area contributed by atoms with E-state index in [9.17, 15) is 13.0 Å². The Bertz CT molecular complexity index is 1760. The maximum atomic E-state index is 10.4. The molecule has 0 saturated heterocycles. The van der Waals surface area contributed by atoms with Crippen molar-refractivity contribution in [2.24, 2.45) is 0 Å². The molecular weight excluding hydrogens is 579 g/mol. The van der Waals surface area contributed by atoms with Crippen molar-refractivity contribution >= 4 is 77.9 Å². The fourth-order valence-electron chi connectivity index (χ4n) is 4.90. The standard InChI is InChI=1S/C21H15Cl2N2S2.C7H8O3S/c22-14-1-3-18-16(10-14)24-7-5-12(20(24)26-18)9-13-6-8-25-17-11-15(23)2-4-19(17)27-21(13)25;1-6-2-4-7(5-3-6)11(8,9)10/h1-4,9-11H,5-8H2;2-5H,1H3,(H,8,9,10)/q+1;/p-1. The van der Waals surface area contributed by atoms with Crippen LogP contribution < -0.4 is 9.47 Å². The van der Waals surface area contributed by atoms with Crippen LogP contribution in [0.15, 0.2) is 87.1 Å². The van der Waals surface area contributed by atoms with Gasteiger partial charge in [0, 0.05) is 39.5 Å². The maximum Gasteiger partial charge on any atom is 0.266 e. The zero-order valence-corrected chi connectivity index (χ0v) is 24.2. The maximum absolute atomic E-state index is 10.4. The van der Waals surface area contributed by atoms with Crippen molar-refractivity contribution in [3.63, 3.8) is 0 Å². The number of hydrogen-bond acceptors (Lipinski definition) is 6. The van der Waals surface area contributed by atoms with E-state index in [2.05, 4.69) is 39.8 Å². The van der Waals surface area contributed by atoms with Gasteiger partial charge in [0.25, 0.3) is 5.01 Å². The summed E-state index contributed by atoms with van der Waals surface area (Å²) in [5.41, 5.74) is 6.35. The highest BCUT2D eigenvalue weighted by molar-refractivity contribution is 8.03. The highest BCUT2D eigenvalue weighted by Crippen LogP contribution is 2.52. The van der Waals surface area contributed by atoms with Crippen molar-refractivity contribution in [1.29, 1.82) is 0 Å². The number of aryl methyl sites for hydroxylation is 2. The summed E-state index contributed by atoms with van der Waals surface area (Å²) in [4.78, 5) is 3.55. The zero-order chi connectivity index (χ0) is 26.6. The SMILES string of the molecule is Cc1ccc(S(=O)(=O)[O-])cc1.Clc1ccc2c(c1)N1CCC(C=C3CC[n+]4c3sc3ccc(Cl)cc34)=C1S2. The molecule has 3 aliphatic rings. The van der Waals surface area contributed by atoms with Crippen molar-refractivity contribution in [3.8, 4) is 0 Å². The Hall–Kier alpha value is -2.33. The van der Waals surface area contributed by atoms with Gasteiger partial charge in [-0.25, -0.2) is 8.42 Å². The molecule has 3 aromatic carbocycles. The van der Waals surface area contributed by atoms with Gasteiger partial charge < -0.3 is 9.45 Å². The molecule has 0 aliphatic carbocycles. The lowest BCUT2D eigenvalue weighted by molar-refractivity contribution is -0.659. The van der Waals surface area contributed by atoms with Crippen LogP contribution in [0.2, 0.25) is 10.0 Å².